The zero-order valence-corrected chi connectivity index (χ0v) is 14.6. The third-order valence-electron chi connectivity index (χ3n) is 4.53. The molecule has 120 valence electrons. The molecule has 0 radical (unpaired) electrons. The van der Waals surface area contributed by atoms with E-state index >= 15 is 0 Å². The molecule has 0 fully saturated rings. The second-order valence-electron chi connectivity index (χ2n) is 6.95. The first-order valence-electron chi connectivity index (χ1n) is 8.15. The van der Waals surface area contributed by atoms with Crippen LogP contribution in [0.1, 0.15) is 41.0 Å². The molecular weight excluding hydrogens is 258 g/mol. The summed E-state index contributed by atoms with van der Waals surface area (Å²) >= 11 is 0. The van der Waals surface area contributed by atoms with Crippen LogP contribution in [-0.4, -0.2) is 19.8 Å². The van der Waals surface area contributed by atoms with Crippen LogP contribution < -0.4 is 5.32 Å². The van der Waals surface area contributed by atoms with E-state index in [2.05, 4.69) is 58.7 Å². The van der Waals surface area contributed by atoms with Crippen LogP contribution in [0.3, 0.4) is 0 Å². The minimum absolute atomic E-state index is 0.341. The van der Waals surface area contributed by atoms with Crippen molar-refractivity contribution in [2.75, 3.05) is 13.7 Å². The monoisotopic (exact) mass is 291 g/mol. The summed E-state index contributed by atoms with van der Waals surface area (Å²) in [6, 6.07) is 0. The Morgan fingerprint density at radius 1 is 1.38 bits per heavy atom. The molecule has 0 aromatic heterocycles. The van der Waals surface area contributed by atoms with Gasteiger partial charge in [-0.3, -0.25) is 0 Å². The highest BCUT2D eigenvalue weighted by atomic mass is 16.5. The van der Waals surface area contributed by atoms with Gasteiger partial charge in [-0.05, 0) is 37.3 Å². The van der Waals surface area contributed by atoms with E-state index in [0.717, 1.165) is 13.0 Å². The van der Waals surface area contributed by atoms with E-state index in [4.69, 9.17) is 4.74 Å². The smallest absolute Gasteiger partial charge is 0.0670 e. The molecular formula is C19H33NO. The number of methoxy groups -OCH3 is 1. The first-order valence-corrected chi connectivity index (χ1v) is 8.15. The van der Waals surface area contributed by atoms with Gasteiger partial charge in [-0.1, -0.05) is 57.6 Å². The number of allylic oxidation sites excluding steroid dienone is 2. The van der Waals surface area contributed by atoms with E-state index in [0.29, 0.717) is 29.8 Å². The van der Waals surface area contributed by atoms with E-state index in [-0.39, 0.29) is 0 Å². The SMILES string of the molecule is C=CNC/C(C)=C\C1=CC(C(C)C)C(OC)C(C(C)C)C1. The molecule has 21 heavy (non-hydrogen) atoms. The Kier molecular flexibility index (Phi) is 7.24. The van der Waals surface area contributed by atoms with Crippen molar-refractivity contribution in [3.63, 3.8) is 0 Å². The third-order valence-corrected chi connectivity index (χ3v) is 4.53. The third kappa shape index (κ3) is 5.03. The molecule has 0 saturated carbocycles. The number of ether oxygens (including phenoxy) is 1. The van der Waals surface area contributed by atoms with Crippen molar-refractivity contribution in [2.24, 2.45) is 23.7 Å². The summed E-state index contributed by atoms with van der Waals surface area (Å²) in [7, 11) is 1.86. The fraction of sp³-hybridized carbons (Fsp3) is 0.684. The first kappa shape index (κ1) is 18.0. The number of nitrogens with one attached hydrogen (secondary N) is 1. The van der Waals surface area contributed by atoms with Crippen LogP contribution >= 0.6 is 0 Å². The fourth-order valence-corrected chi connectivity index (χ4v) is 3.31. The van der Waals surface area contributed by atoms with Crippen molar-refractivity contribution >= 4 is 0 Å². The second kappa shape index (κ2) is 8.43. The molecule has 0 saturated heterocycles. The molecule has 1 aliphatic rings. The largest absolute Gasteiger partial charge is 0.388 e. The van der Waals surface area contributed by atoms with Crippen LogP contribution in [0.15, 0.2) is 36.1 Å². The molecule has 1 aliphatic carbocycles. The Hall–Kier alpha value is -1.02. The standard InChI is InChI=1S/C19H33NO/c1-8-20-12-15(6)9-16-10-17(13(2)3)19(21-7)18(11-16)14(4)5/h8-10,13-14,17-20H,1,11-12H2,2-7H3/b15-9-. The van der Waals surface area contributed by atoms with Gasteiger partial charge in [0.25, 0.3) is 0 Å². The second-order valence-corrected chi connectivity index (χ2v) is 6.95. The lowest BCUT2D eigenvalue weighted by Crippen LogP contribution is -2.39. The Balaban J connectivity index is 3.00. The molecule has 3 atom stereocenters. The summed E-state index contributed by atoms with van der Waals surface area (Å²) in [4.78, 5) is 0. The van der Waals surface area contributed by atoms with Crippen molar-refractivity contribution in [1.29, 1.82) is 0 Å². The van der Waals surface area contributed by atoms with Gasteiger partial charge < -0.3 is 10.1 Å². The molecule has 0 amide bonds. The number of hydrogen-bond acceptors (Lipinski definition) is 2. The zero-order chi connectivity index (χ0) is 16.0. The predicted molar refractivity (Wildman–Crippen MR) is 92.1 cm³/mol. The molecule has 1 N–H and O–H groups in total. The molecule has 0 aliphatic heterocycles. The van der Waals surface area contributed by atoms with E-state index in [1.165, 1.54) is 11.1 Å². The molecule has 0 aromatic carbocycles. The van der Waals surface area contributed by atoms with Gasteiger partial charge >= 0.3 is 0 Å². The topological polar surface area (TPSA) is 21.3 Å². The summed E-state index contributed by atoms with van der Waals surface area (Å²) in [6.45, 7) is 16.0. The Morgan fingerprint density at radius 2 is 2.05 bits per heavy atom. The lowest BCUT2D eigenvalue weighted by atomic mass is 9.71. The van der Waals surface area contributed by atoms with Gasteiger partial charge in [0, 0.05) is 19.6 Å². The van der Waals surface area contributed by atoms with Gasteiger partial charge in [0.1, 0.15) is 0 Å². The van der Waals surface area contributed by atoms with Crippen LogP contribution in [-0.2, 0) is 4.74 Å². The Morgan fingerprint density at radius 3 is 2.52 bits per heavy atom. The molecule has 1 rings (SSSR count). The maximum Gasteiger partial charge on any atom is 0.0670 e. The quantitative estimate of drug-likeness (QED) is 0.742. The lowest BCUT2D eigenvalue weighted by Gasteiger charge is -2.40. The summed E-state index contributed by atoms with van der Waals surface area (Å²) < 4.78 is 5.87. The van der Waals surface area contributed by atoms with E-state index in [1.54, 1.807) is 6.20 Å². The van der Waals surface area contributed by atoms with Crippen molar-refractivity contribution < 1.29 is 4.74 Å². The maximum atomic E-state index is 5.87. The fourth-order valence-electron chi connectivity index (χ4n) is 3.31. The summed E-state index contributed by atoms with van der Waals surface area (Å²) in [6.07, 6.45) is 7.99. The summed E-state index contributed by atoms with van der Waals surface area (Å²) in [5.41, 5.74) is 2.81. The van der Waals surface area contributed by atoms with E-state index in [1.807, 2.05) is 7.11 Å². The van der Waals surface area contributed by atoms with Crippen LogP contribution in [0, 0.1) is 23.7 Å². The molecule has 0 spiro atoms. The van der Waals surface area contributed by atoms with Gasteiger partial charge in [0.15, 0.2) is 0 Å². The van der Waals surface area contributed by atoms with Gasteiger partial charge in [-0.2, -0.15) is 0 Å². The van der Waals surface area contributed by atoms with Crippen molar-refractivity contribution in [2.45, 2.75) is 47.1 Å². The molecule has 0 bridgehead atoms. The van der Waals surface area contributed by atoms with Gasteiger partial charge in [-0.15, -0.1) is 0 Å². The maximum absolute atomic E-state index is 5.87. The number of hydrogen-bond donors (Lipinski definition) is 1. The summed E-state index contributed by atoms with van der Waals surface area (Å²) in [5, 5.41) is 3.17. The van der Waals surface area contributed by atoms with E-state index in [9.17, 15) is 0 Å². The highest BCUT2D eigenvalue weighted by Gasteiger charge is 2.35. The minimum Gasteiger partial charge on any atom is -0.388 e. The molecule has 2 nitrogen and oxygen atoms in total. The zero-order valence-electron chi connectivity index (χ0n) is 14.6. The van der Waals surface area contributed by atoms with Crippen molar-refractivity contribution in [3.8, 4) is 0 Å². The predicted octanol–water partition coefficient (Wildman–Crippen LogP) is 4.56. The Bertz CT molecular complexity index is 392. The van der Waals surface area contributed by atoms with Crippen LogP contribution in [0.4, 0.5) is 0 Å². The average molecular weight is 291 g/mol. The highest BCUT2D eigenvalue weighted by Crippen LogP contribution is 2.39. The molecule has 3 unspecified atom stereocenters. The van der Waals surface area contributed by atoms with Crippen LogP contribution in [0.2, 0.25) is 0 Å². The lowest BCUT2D eigenvalue weighted by molar-refractivity contribution is -0.0147. The summed E-state index contributed by atoms with van der Waals surface area (Å²) in [5.74, 6) is 2.34. The molecule has 0 aromatic rings. The minimum atomic E-state index is 0.341. The number of rotatable bonds is 7. The van der Waals surface area contributed by atoms with Crippen LogP contribution in [0.25, 0.3) is 0 Å². The normalized spacial score (nSPS) is 27.0. The molecule has 2 heteroatoms. The van der Waals surface area contributed by atoms with Gasteiger partial charge in [-0.25, -0.2) is 0 Å². The van der Waals surface area contributed by atoms with Gasteiger partial charge in [0.05, 0.1) is 6.10 Å². The van der Waals surface area contributed by atoms with E-state index < -0.39 is 0 Å². The highest BCUT2D eigenvalue weighted by molar-refractivity contribution is 5.28. The molecule has 0 heterocycles. The van der Waals surface area contributed by atoms with Crippen molar-refractivity contribution in [1.82, 2.24) is 5.32 Å². The Labute approximate surface area is 131 Å². The van der Waals surface area contributed by atoms with Gasteiger partial charge in [0.2, 0.25) is 0 Å². The van der Waals surface area contributed by atoms with Crippen LogP contribution in [0.5, 0.6) is 0 Å². The first-order chi connectivity index (χ1) is 9.90. The van der Waals surface area contributed by atoms with Crippen molar-refractivity contribution in [3.05, 3.63) is 36.1 Å². The average Bonchev–Trinajstić information content (AvgIpc) is 2.43.